The predicted molar refractivity (Wildman–Crippen MR) is 62.2 cm³/mol. The molecule has 1 rings (SSSR count). The van der Waals surface area contributed by atoms with Crippen molar-refractivity contribution in [3.8, 4) is 0 Å². The molecule has 0 heterocycles. The minimum absolute atomic E-state index is 0.00745. The molecule has 0 fully saturated rings. The highest BCUT2D eigenvalue weighted by Crippen LogP contribution is 2.12. The first-order valence-corrected chi connectivity index (χ1v) is 5.72. The molecule has 0 N–H and O–H groups in total. The molecule has 0 saturated carbocycles. The Morgan fingerprint density at radius 1 is 1.57 bits per heavy atom. The molecule has 0 atom stereocenters. The zero-order valence-corrected chi connectivity index (χ0v) is 10.2. The molecule has 2 nitrogen and oxygen atoms in total. The summed E-state index contributed by atoms with van der Waals surface area (Å²) < 4.78 is 0. The molecule has 0 saturated heterocycles. The number of carbonyl (C=O) groups is 1. The number of hydrogen-bond donors (Lipinski definition) is 0. The first-order chi connectivity index (χ1) is 6.65. The molecule has 0 bridgehead atoms. The second-order valence-corrected chi connectivity index (χ2v) is 4.16. The van der Waals surface area contributed by atoms with Gasteiger partial charge in [-0.25, -0.2) is 0 Å². The van der Waals surface area contributed by atoms with Gasteiger partial charge in [0, 0.05) is 29.5 Å². The third-order valence-corrected chi connectivity index (χ3v) is 2.43. The average Bonchev–Trinajstić information content (AvgIpc) is 2.17. The minimum Gasteiger partial charge on any atom is -0.341 e. The summed E-state index contributed by atoms with van der Waals surface area (Å²) in [5, 5.41) is 1.36. The fraction of sp³-hybridized carbons (Fsp3) is 0.300. The van der Waals surface area contributed by atoms with Gasteiger partial charge in [0.25, 0.3) is 5.91 Å². The van der Waals surface area contributed by atoms with Crippen LogP contribution in [0.25, 0.3) is 0 Å². The van der Waals surface area contributed by atoms with Crippen LogP contribution in [0.2, 0.25) is 5.02 Å². The third kappa shape index (κ3) is 3.00. The molecule has 0 aliphatic carbocycles. The van der Waals surface area contributed by atoms with E-state index in [1.54, 1.807) is 36.2 Å². The maximum Gasteiger partial charge on any atom is 0.253 e. The summed E-state index contributed by atoms with van der Waals surface area (Å²) in [6.07, 6.45) is 0. The standard InChI is InChI=1S/C10H11BrClNO/c1-13(6-5-11)10(14)8-3-2-4-9(12)7-8/h2-4,7H,5-6H2,1H3. The Morgan fingerprint density at radius 2 is 2.29 bits per heavy atom. The van der Waals surface area contributed by atoms with E-state index < -0.39 is 0 Å². The van der Waals surface area contributed by atoms with Crippen LogP contribution in [0.5, 0.6) is 0 Å². The maximum atomic E-state index is 11.7. The Bertz CT molecular complexity index is 330. The highest BCUT2D eigenvalue weighted by atomic mass is 79.9. The summed E-state index contributed by atoms with van der Waals surface area (Å²) in [5.74, 6) is -0.00745. The molecule has 14 heavy (non-hydrogen) atoms. The maximum absolute atomic E-state index is 11.7. The SMILES string of the molecule is CN(CCBr)C(=O)c1cccc(Cl)c1. The highest BCUT2D eigenvalue weighted by Gasteiger charge is 2.10. The average molecular weight is 277 g/mol. The summed E-state index contributed by atoms with van der Waals surface area (Å²) in [5.41, 5.74) is 0.626. The molecule has 1 aromatic rings. The molecular weight excluding hydrogens is 265 g/mol. The molecule has 0 aliphatic heterocycles. The number of nitrogens with zero attached hydrogens (tertiary/aromatic N) is 1. The van der Waals surface area contributed by atoms with E-state index in [4.69, 9.17) is 11.6 Å². The monoisotopic (exact) mass is 275 g/mol. The van der Waals surface area contributed by atoms with Crippen molar-refractivity contribution in [2.45, 2.75) is 0 Å². The van der Waals surface area contributed by atoms with Gasteiger partial charge in [-0.2, -0.15) is 0 Å². The summed E-state index contributed by atoms with van der Waals surface area (Å²) in [4.78, 5) is 13.4. The van der Waals surface area contributed by atoms with Gasteiger partial charge in [-0.1, -0.05) is 33.6 Å². The molecule has 0 aromatic heterocycles. The van der Waals surface area contributed by atoms with Crippen LogP contribution in [0, 0.1) is 0 Å². The lowest BCUT2D eigenvalue weighted by molar-refractivity contribution is 0.0804. The Kier molecular flexibility index (Phi) is 4.42. The lowest BCUT2D eigenvalue weighted by atomic mass is 10.2. The molecule has 1 amide bonds. The lowest BCUT2D eigenvalue weighted by Gasteiger charge is -2.15. The van der Waals surface area contributed by atoms with E-state index >= 15 is 0 Å². The van der Waals surface area contributed by atoms with E-state index in [1.807, 2.05) is 0 Å². The number of halogens is 2. The van der Waals surface area contributed by atoms with Crippen molar-refractivity contribution in [2.75, 3.05) is 18.9 Å². The van der Waals surface area contributed by atoms with Crippen LogP contribution >= 0.6 is 27.5 Å². The Hall–Kier alpha value is -0.540. The normalized spacial score (nSPS) is 9.93. The predicted octanol–water partition coefficient (Wildman–Crippen LogP) is 2.81. The summed E-state index contributed by atoms with van der Waals surface area (Å²) >= 11 is 9.08. The van der Waals surface area contributed by atoms with Gasteiger partial charge < -0.3 is 4.90 Å². The number of amides is 1. The van der Waals surface area contributed by atoms with Gasteiger partial charge in [0.2, 0.25) is 0 Å². The van der Waals surface area contributed by atoms with Crippen molar-refractivity contribution in [3.05, 3.63) is 34.9 Å². The Labute approximate surface area is 97.0 Å². The molecule has 76 valence electrons. The van der Waals surface area contributed by atoms with Crippen LogP contribution in [0.15, 0.2) is 24.3 Å². The summed E-state index contributed by atoms with van der Waals surface area (Å²) in [6, 6.07) is 6.97. The van der Waals surface area contributed by atoms with Crippen LogP contribution < -0.4 is 0 Å². The quantitative estimate of drug-likeness (QED) is 0.778. The number of alkyl halides is 1. The molecular formula is C10H11BrClNO. The van der Waals surface area contributed by atoms with E-state index in [0.717, 1.165) is 5.33 Å². The van der Waals surface area contributed by atoms with Gasteiger partial charge >= 0.3 is 0 Å². The van der Waals surface area contributed by atoms with Crippen molar-refractivity contribution in [2.24, 2.45) is 0 Å². The van der Waals surface area contributed by atoms with Crippen LogP contribution in [-0.2, 0) is 0 Å². The van der Waals surface area contributed by atoms with E-state index in [9.17, 15) is 4.79 Å². The topological polar surface area (TPSA) is 20.3 Å². The van der Waals surface area contributed by atoms with E-state index in [2.05, 4.69) is 15.9 Å². The molecule has 0 radical (unpaired) electrons. The van der Waals surface area contributed by atoms with Gasteiger partial charge in [-0.15, -0.1) is 0 Å². The lowest BCUT2D eigenvalue weighted by Crippen LogP contribution is -2.28. The van der Waals surface area contributed by atoms with Crippen LogP contribution in [0.4, 0.5) is 0 Å². The molecule has 0 aliphatic rings. The van der Waals surface area contributed by atoms with Crippen LogP contribution in [0.3, 0.4) is 0 Å². The zero-order valence-electron chi connectivity index (χ0n) is 7.84. The van der Waals surface area contributed by atoms with Gasteiger partial charge in [0.1, 0.15) is 0 Å². The van der Waals surface area contributed by atoms with E-state index in [0.29, 0.717) is 17.1 Å². The second kappa shape index (κ2) is 5.37. The van der Waals surface area contributed by atoms with Gasteiger partial charge in [-0.3, -0.25) is 4.79 Å². The number of hydrogen-bond acceptors (Lipinski definition) is 1. The number of benzene rings is 1. The first-order valence-electron chi connectivity index (χ1n) is 4.22. The molecule has 0 spiro atoms. The van der Waals surface area contributed by atoms with Crippen molar-refractivity contribution in [1.82, 2.24) is 4.90 Å². The van der Waals surface area contributed by atoms with Crippen LogP contribution in [0.1, 0.15) is 10.4 Å². The highest BCUT2D eigenvalue weighted by molar-refractivity contribution is 9.09. The Morgan fingerprint density at radius 3 is 2.86 bits per heavy atom. The third-order valence-electron chi connectivity index (χ3n) is 1.84. The van der Waals surface area contributed by atoms with E-state index in [-0.39, 0.29) is 5.91 Å². The fourth-order valence-corrected chi connectivity index (χ4v) is 1.79. The summed E-state index contributed by atoms with van der Waals surface area (Å²) in [6.45, 7) is 0.686. The van der Waals surface area contributed by atoms with Crippen molar-refractivity contribution in [1.29, 1.82) is 0 Å². The Balaban J connectivity index is 2.78. The minimum atomic E-state index is -0.00745. The first kappa shape index (κ1) is 11.5. The fourth-order valence-electron chi connectivity index (χ4n) is 1.07. The van der Waals surface area contributed by atoms with E-state index in [1.165, 1.54) is 0 Å². The van der Waals surface area contributed by atoms with Crippen molar-refractivity contribution >= 4 is 33.4 Å². The molecule has 4 heteroatoms. The largest absolute Gasteiger partial charge is 0.341 e. The number of rotatable bonds is 3. The van der Waals surface area contributed by atoms with Crippen molar-refractivity contribution < 1.29 is 4.79 Å². The van der Waals surface area contributed by atoms with Gasteiger partial charge in [0.05, 0.1) is 0 Å². The zero-order chi connectivity index (χ0) is 10.6. The second-order valence-electron chi connectivity index (χ2n) is 2.93. The molecule has 1 aromatic carbocycles. The summed E-state index contributed by atoms with van der Waals surface area (Å²) in [7, 11) is 1.77. The number of carbonyl (C=O) groups excluding carboxylic acids is 1. The van der Waals surface area contributed by atoms with Gasteiger partial charge in [0.15, 0.2) is 0 Å². The van der Waals surface area contributed by atoms with Gasteiger partial charge in [-0.05, 0) is 18.2 Å². The smallest absolute Gasteiger partial charge is 0.253 e. The van der Waals surface area contributed by atoms with Crippen molar-refractivity contribution in [3.63, 3.8) is 0 Å². The van der Waals surface area contributed by atoms with Crippen LogP contribution in [-0.4, -0.2) is 29.7 Å². The molecule has 0 unspecified atom stereocenters.